The maximum Gasteiger partial charge on any atom is 0.246 e. The zero-order valence-corrected chi connectivity index (χ0v) is 16.9. The summed E-state index contributed by atoms with van der Waals surface area (Å²) in [7, 11) is 0. The van der Waals surface area contributed by atoms with Crippen molar-refractivity contribution in [2.24, 2.45) is 0 Å². The summed E-state index contributed by atoms with van der Waals surface area (Å²) in [5.41, 5.74) is 0.743. The molecule has 1 aromatic rings. The number of carbonyl (C=O) groups excluding carboxylic acids is 2. The molecule has 0 bridgehead atoms. The van der Waals surface area contributed by atoms with E-state index in [1.165, 1.54) is 18.9 Å². The van der Waals surface area contributed by atoms with E-state index in [9.17, 15) is 9.59 Å². The molecular weight excluding hydrogens is 385 g/mol. The monoisotopic (exact) mass is 409 g/mol. The number of hydrogen-bond donors (Lipinski definition) is 0. The first kappa shape index (κ1) is 20.2. The molecule has 0 aliphatic carbocycles. The highest BCUT2D eigenvalue weighted by Crippen LogP contribution is 2.22. The van der Waals surface area contributed by atoms with Crippen LogP contribution in [-0.4, -0.2) is 72.3 Å². The second-order valence-corrected chi connectivity index (χ2v) is 7.85. The van der Waals surface area contributed by atoms with E-state index in [1.54, 1.807) is 29.2 Å². The van der Waals surface area contributed by atoms with Gasteiger partial charge in [0.2, 0.25) is 11.8 Å². The Morgan fingerprint density at radius 3 is 2.56 bits per heavy atom. The maximum atomic E-state index is 12.5. The molecule has 146 valence electrons. The molecule has 0 N–H and O–H groups in total. The molecule has 0 spiro atoms. The topological polar surface area (TPSA) is 43.9 Å². The van der Waals surface area contributed by atoms with E-state index in [0.717, 1.165) is 31.7 Å². The van der Waals surface area contributed by atoms with Crippen LogP contribution in [0.5, 0.6) is 0 Å². The molecule has 2 saturated heterocycles. The fourth-order valence-electron chi connectivity index (χ4n) is 3.50. The summed E-state index contributed by atoms with van der Waals surface area (Å²) >= 11 is 12.0. The van der Waals surface area contributed by atoms with Gasteiger partial charge in [0.15, 0.2) is 0 Å². The Hall–Kier alpha value is -1.56. The normalized spacial score (nSPS) is 19.1. The summed E-state index contributed by atoms with van der Waals surface area (Å²) in [5, 5.41) is 1.06. The molecule has 2 fully saturated rings. The molecule has 2 aliphatic heterocycles. The van der Waals surface area contributed by atoms with Crippen molar-refractivity contribution in [2.75, 3.05) is 45.8 Å². The molecule has 27 heavy (non-hydrogen) atoms. The quantitative estimate of drug-likeness (QED) is 0.701. The van der Waals surface area contributed by atoms with E-state index in [4.69, 9.17) is 23.2 Å². The molecule has 0 saturated carbocycles. The van der Waals surface area contributed by atoms with Gasteiger partial charge in [-0.3, -0.25) is 9.59 Å². The molecule has 3 rings (SSSR count). The van der Waals surface area contributed by atoms with Crippen molar-refractivity contribution in [1.29, 1.82) is 0 Å². The van der Waals surface area contributed by atoms with Crippen molar-refractivity contribution in [3.8, 4) is 0 Å². The third-order valence-electron chi connectivity index (χ3n) is 5.15. The summed E-state index contributed by atoms with van der Waals surface area (Å²) in [4.78, 5) is 30.9. The third kappa shape index (κ3) is 5.71. The number of likely N-dealkylation sites (tertiary alicyclic amines) is 1. The zero-order chi connectivity index (χ0) is 19.2. The summed E-state index contributed by atoms with van der Waals surface area (Å²) < 4.78 is 0. The molecule has 0 aromatic heterocycles. The SMILES string of the molecule is O=C(/C=C/c1ccc(Cl)cc1Cl)N1CCC(=O)N(CCN2CCCC2)CC1. The van der Waals surface area contributed by atoms with Crippen molar-refractivity contribution in [3.05, 3.63) is 39.9 Å². The van der Waals surface area contributed by atoms with E-state index >= 15 is 0 Å². The van der Waals surface area contributed by atoms with Crippen molar-refractivity contribution in [1.82, 2.24) is 14.7 Å². The van der Waals surface area contributed by atoms with Gasteiger partial charge < -0.3 is 14.7 Å². The van der Waals surface area contributed by atoms with Crippen molar-refractivity contribution < 1.29 is 9.59 Å². The number of benzene rings is 1. The second kappa shape index (κ2) is 9.58. The summed E-state index contributed by atoms with van der Waals surface area (Å²) in [6.45, 7) is 5.54. The van der Waals surface area contributed by atoms with Crippen LogP contribution in [0.3, 0.4) is 0 Å². The van der Waals surface area contributed by atoms with E-state index in [2.05, 4.69) is 4.90 Å². The average Bonchev–Trinajstić information content (AvgIpc) is 3.09. The predicted molar refractivity (Wildman–Crippen MR) is 109 cm³/mol. The van der Waals surface area contributed by atoms with Crippen molar-refractivity contribution in [3.63, 3.8) is 0 Å². The van der Waals surface area contributed by atoms with E-state index in [1.807, 2.05) is 4.90 Å². The zero-order valence-electron chi connectivity index (χ0n) is 15.4. The first-order valence-corrected chi connectivity index (χ1v) is 10.2. The Morgan fingerprint density at radius 1 is 1.04 bits per heavy atom. The van der Waals surface area contributed by atoms with Crippen LogP contribution in [0.15, 0.2) is 24.3 Å². The highest BCUT2D eigenvalue weighted by molar-refractivity contribution is 6.35. The van der Waals surface area contributed by atoms with Gasteiger partial charge in [-0.1, -0.05) is 29.3 Å². The van der Waals surface area contributed by atoms with E-state index < -0.39 is 0 Å². The van der Waals surface area contributed by atoms with Crippen LogP contribution in [0.1, 0.15) is 24.8 Å². The first-order valence-electron chi connectivity index (χ1n) is 9.45. The van der Waals surface area contributed by atoms with Gasteiger partial charge in [-0.25, -0.2) is 0 Å². The van der Waals surface area contributed by atoms with Crippen LogP contribution in [0, 0.1) is 0 Å². The molecule has 5 nitrogen and oxygen atoms in total. The molecule has 1 aromatic carbocycles. The second-order valence-electron chi connectivity index (χ2n) is 7.00. The predicted octanol–water partition coefficient (Wildman–Crippen LogP) is 3.16. The molecule has 7 heteroatoms. The van der Waals surface area contributed by atoms with Crippen LogP contribution in [-0.2, 0) is 9.59 Å². The Bertz CT molecular complexity index is 717. The smallest absolute Gasteiger partial charge is 0.246 e. The highest BCUT2D eigenvalue weighted by Gasteiger charge is 2.23. The van der Waals surface area contributed by atoms with Gasteiger partial charge >= 0.3 is 0 Å². The molecule has 2 amide bonds. The molecule has 0 atom stereocenters. The third-order valence-corrected chi connectivity index (χ3v) is 5.72. The molecular formula is C20H25Cl2N3O2. The summed E-state index contributed by atoms with van der Waals surface area (Å²) in [6, 6.07) is 5.16. The molecule has 2 aliphatic rings. The molecule has 0 unspecified atom stereocenters. The van der Waals surface area contributed by atoms with Gasteiger partial charge in [-0.2, -0.15) is 0 Å². The lowest BCUT2D eigenvalue weighted by Gasteiger charge is -2.24. The summed E-state index contributed by atoms with van der Waals surface area (Å²) in [6.07, 6.45) is 6.08. The minimum atomic E-state index is -0.102. The van der Waals surface area contributed by atoms with Gasteiger partial charge in [-0.15, -0.1) is 0 Å². The fourth-order valence-corrected chi connectivity index (χ4v) is 3.97. The number of carbonyl (C=O) groups is 2. The van der Waals surface area contributed by atoms with Crippen LogP contribution in [0.2, 0.25) is 10.0 Å². The van der Waals surface area contributed by atoms with Gasteiger partial charge in [0.1, 0.15) is 0 Å². The average molecular weight is 410 g/mol. The lowest BCUT2D eigenvalue weighted by Crippen LogP contribution is -2.39. The maximum absolute atomic E-state index is 12.5. The van der Waals surface area contributed by atoms with Crippen molar-refractivity contribution in [2.45, 2.75) is 19.3 Å². The molecule has 2 heterocycles. The van der Waals surface area contributed by atoms with Crippen LogP contribution >= 0.6 is 23.2 Å². The number of amides is 2. The Morgan fingerprint density at radius 2 is 1.81 bits per heavy atom. The first-order chi connectivity index (χ1) is 13.0. The Kier molecular flexibility index (Phi) is 7.16. The van der Waals surface area contributed by atoms with E-state index in [-0.39, 0.29) is 11.8 Å². The Labute approximate surface area is 170 Å². The van der Waals surface area contributed by atoms with Gasteiger partial charge in [0.05, 0.1) is 0 Å². The van der Waals surface area contributed by atoms with Crippen molar-refractivity contribution >= 4 is 41.1 Å². The van der Waals surface area contributed by atoms with Crippen LogP contribution < -0.4 is 0 Å². The number of hydrogen-bond acceptors (Lipinski definition) is 3. The number of nitrogens with zero attached hydrogens (tertiary/aromatic N) is 3. The lowest BCUT2D eigenvalue weighted by atomic mass is 10.2. The van der Waals surface area contributed by atoms with Crippen LogP contribution in [0.4, 0.5) is 0 Å². The van der Waals surface area contributed by atoms with Crippen LogP contribution in [0.25, 0.3) is 6.08 Å². The minimum absolute atomic E-state index is 0.102. The summed E-state index contributed by atoms with van der Waals surface area (Å²) in [5.74, 6) is 0.0319. The van der Waals surface area contributed by atoms with E-state index in [0.29, 0.717) is 36.1 Å². The number of rotatable bonds is 5. The molecule has 0 radical (unpaired) electrons. The minimum Gasteiger partial charge on any atom is -0.340 e. The fraction of sp³-hybridized carbons (Fsp3) is 0.500. The highest BCUT2D eigenvalue weighted by atomic mass is 35.5. The number of halogens is 2. The Balaban J connectivity index is 1.53. The largest absolute Gasteiger partial charge is 0.340 e. The van der Waals surface area contributed by atoms with Gasteiger partial charge in [-0.05, 0) is 49.7 Å². The van der Waals surface area contributed by atoms with Gasteiger partial charge in [0, 0.05) is 55.3 Å². The lowest BCUT2D eigenvalue weighted by molar-refractivity contribution is -0.130. The standard InChI is InChI=1S/C20H25Cl2N3O2/c21-17-5-3-16(18(22)15-17)4-6-19(26)24-10-7-20(27)25(14-13-24)12-11-23-8-1-2-9-23/h3-6,15H,1-2,7-14H2/b6-4+. The van der Waals surface area contributed by atoms with Gasteiger partial charge in [0.25, 0.3) is 0 Å².